The second-order valence-electron chi connectivity index (χ2n) is 8.87. The summed E-state index contributed by atoms with van der Waals surface area (Å²) < 4.78 is 3.37. The highest BCUT2D eigenvalue weighted by Gasteiger charge is 2.17. The first-order valence-electron chi connectivity index (χ1n) is 11.6. The number of hydrogen-bond donors (Lipinski definition) is 1. The number of nitrogens with zero attached hydrogens (tertiary/aromatic N) is 7. The first-order valence-corrected chi connectivity index (χ1v) is 11.6. The summed E-state index contributed by atoms with van der Waals surface area (Å²) in [6.07, 6.45) is 9.14. The average Bonchev–Trinajstić information content (AvgIpc) is 3.28. The van der Waals surface area contributed by atoms with E-state index in [4.69, 9.17) is 11.4 Å². The van der Waals surface area contributed by atoms with Gasteiger partial charge >= 0.3 is 0 Å². The van der Waals surface area contributed by atoms with Crippen LogP contribution in [0, 0.1) is 19.3 Å². The van der Waals surface area contributed by atoms with Crippen LogP contribution in [0.3, 0.4) is 0 Å². The van der Waals surface area contributed by atoms with Crippen molar-refractivity contribution in [2.45, 2.75) is 13.5 Å². The number of fused-ring (bicyclic) bond motifs is 1. The van der Waals surface area contributed by atoms with Crippen molar-refractivity contribution in [3.05, 3.63) is 69.9 Å². The van der Waals surface area contributed by atoms with Crippen LogP contribution in [-0.4, -0.2) is 62.4 Å². The van der Waals surface area contributed by atoms with E-state index < -0.39 is 0 Å². The molecular formula is C26H28N8O. The van der Waals surface area contributed by atoms with Gasteiger partial charge in [0.15, 0.2) is 0 Å². The lowest BCUT2D eigenvalue weighted by molar-refractivity contribution is 0.313. The normalized spacial score (nSPS) is 14.3. The second-order valence-corrected chi connectivity index (χ2v) is 8.87. The van der Waals surface area contributed by atoms with Crippen molar-refractivity contribution in [2.75, 3.05) is 43.4 Å². The fourth-order valence-corrected chi connectivity index (χ4v) is 4.42. The molecule has 0 bridgehead atoms. The van der Waals surface area contributed by atoms with E-state index in [0.717, 1.165) is 37.6 Å². The highest BCUT2D eigenvalue weighted by atomic mass is 16.1. The smallest absolute Gasteiger partial charge is 0.256 e. The highest BCUT2D eigenvalue weighted by Crippen LogP contribution is 2.23. The number of benzene rings is 1. The third-order valence-corrected chi connectivity index (χ3v) is 6.61. The fraction of sp³-hybridized carbons (Fsp3) is 0.308. The minimum Gasteiger partial charge on any atom is -0.369 e. The number of anilines is 3. The zero-order valence-electron chi connectivity index (χ0n) is 20.2. The van der Waals surface area contributed by atoms with Gasteiger partial charge in [0.1, 0.15) is 5.65 Å². The Labute approximate surface area is 204 Å². The van der Waals surface area contributed by atoms with Crippen LogP contribution in [0.15, 0.2) is 47.5 Å². The Balaban J connectivity index is 1.48. The van der Waals surface area contributed by atoms with Gasteiger partial charge in [-0.2, -0.15) is 10.1 Å². The Morgan fingerprint density at radius 1 is 1.09 bits per heavy atom. The van der Waals surface area contributed by atoms with Gasteiger partial charge in [0.2, 0.25) is 5.95 Å². The molecule has 1 saturated heterocycles. The first-order chi connectivity index (χ1) is 16.9. The van der Waals surface area contributed by atoms with Crippen molar-refractivity contribution in [1.29, 1.82) is 0 Å². The predicted octanol–water partition coefficient (Wildman–Crippen LogP) is 2.36. The van der Waals surface area contributed by atoms with Crippen molar-refractivity contribution >= 4 is 28.4 Å². The molecule has 0 aliphatic carbocycles. The quantitative estimate of drug-likeness (QED) is 0.450. The average molecular weight is 469 g/mol. The van der Waals surface area contributed by atoms with Crippen LogP contribution in [0.25, 0.3) is 11.0 Å². The van der Waals surface area contributed by atoms with Crippen LogP contribution in [0.5, 0.6) is 0 Å². The predicted molar refractivity (Wildman–Crippen MR) is 138 cm³/mol. The van der Waals surface area contributed by atoms with E-state index in [0.29, 0.717) is 34.7 Å². The molecule has 0 atom stereocenters. The van der Waals surface area contributed by atoms with Crippen molar-refractivity contribution in [2.24, 2.45) is 7.05 Å². The number of pyridine rings is 1. The maximum Gasteiger partial charge on any atom is 0.256 e. The van der Waals surface area contributed by atoms with E-state index in [1.165, 1.54) is 5.69 Å². The van der Waals surface area contributed by atoms with Gasteiger partial charge in [-0.15, -0.1) is 6.42 Å². The van der Waals surface area contributed by atoms with Gasteiger partial charge in [-0.05, 0) is 44.3 Å². The van der Waals surface area contributed by atoms with Crippen molar-refractivity contribution in [3.63, 3.8) is 0 Å². The van der Waals surface area contributed by atoms with Crippen LogP contribution in [0.2, 0.25) is 0 Å². The molecule has 4 heterocycles. The zero-order chi connectivity index (χ0) is 24.5. The molecule has 3 aromatic heterocycles. The molecule has 0 amide bonds. The maximum absolute atomic E-state index is 13.2. The van der Waals surface area contributed by atoms with E-state index in [1.807, 2.05) is 25.2 Å². The Hall–Kier alpha value is -4.16. The minimum atomic E-state index is -0.173. The zero-order valence-corrected chi connectivity index (χ0v) is 20.2. The Bertz CT molecular complexity index is 1470. The van der Waals surface area contributed by atoms with Crippen LogP contribution in [-0.2, 0) is 13.6 Å². The van der Waals surface area contributed by atoms with E-state index in [1.54, 1.807) is 28.6 Å². The van der Waals surface area contributed by atoms with Crippen LogP contribution in [0.4, 0.5) is 17.3 Å². The van der Waals surface area contributed by atoms with E-state index in [2.05, 4.69) is 50.3 Å². The number of rotatable bonds is 5. The summed E-state index contributed by atoms with van der Waals surface area (Å²) in [5.41, 5.74) is 4.29. The van der Waals surface area contributed by atoms with Gasteiger partial charge in [-0.3, -0.25) is 14.0 Å². The van der Waals surface area contributed by atoms with E-state index in [-0.39, 0.29) is 5.56 Å². The summed E-state index contributed by atoms with van der Waals surface area (Å²) >= 11 is 0. The monoisotopic (exact) mass is 468 g/mol. The Morgan fingerprint density at radius 2 is 1.83 bits per heavy atom. The van der Waals surface area contributed by atoms with Gasteiger partial charge < -0.3 is 15.1 Å². The lowest BCUT2D eigenvalue weighted by Gasteiger charge is -2.34. The third-order valence-electron chi connectivity index (χ3n) is 6.61. The van der Waals surface area contributed by atoms with Gasteiger partial charge in [0, 0.05) is 68.1 Å². The Morgan fingerprint density at radius 3 is 2.49 bits per heavy atom. The summed E-state index contributed by atoms with van der Waals surface area (Å²) in [6, 6.07) is 10.1. The molecule has 0 unspecified atom stereocenters. The van der Waals surface area contributed by atoms with Crippen LogP contribution in [0.1, 0.15) is 16.8 Å². The summed E-state index contributed by atoms with van der Waals surface area (Å²) in [5, 5.41) is 8.15. The second kappa shape index (κ2) is 9.24. The number of aromatic nitrogens is 5. The van der Waals surface area contributed by atoms with Crippen molar-refractivity contribution in [3.8, 4) is 12.3 Å². The lowest BCUT2D eigenvalue weighted by atomic mass is 10.1. The number of terminal acetylenes is 1. The molecule has 1 fully saturated rings. The van der Waals surface area contributed by atoms with Gasteiger partial charge in [0.25, 0.3) is 5.56 Å². The lowest BCUT2D eigenvalue weighted by Crippen LogP contribution is -2.44. The molecule has 0 spiro atoms. The number of hydrogen-bond acceptors (Lipinski definition) is 7. The molecule has 0 saturated carbocycles. The topological polar surface area (TPSA) is 84.1 Å². The molecular weight excluding hydrogens is 440 g/mol. The van der Waals surface area contributed by atoms with Crippen LogP contribution < -0.4 is 15.8 Å². The molecule has 5 rings (SSSR count). The first kappa shape index (κ1) is 22.6. The van der Waals surface area contributed by atoms with Gasteiger partial charge in [-0.25, -0.2) is 4.98 Å². The summed E-state index contributed by atoms with van der Waals surface area (Å²) in [6.45, 7) is 6.22. The summed E-state index contributed by atoms with van der Waals surface area (Å²) in [5.74, 6) is 3.04. The fourth-order valence-electron chi connectivity index (χ4n) is 4.42. The third kappa shape index (κ3) is 4.36. The van der Waals surface area contributed by atoms with Crippen LogP contribution >= 0.6 is 0 Å². The molecule has 9 heteroatoms. The number of aryl methyl sites for hydroxylation is 1. The summed E-state index contributed by atoms with van der Waals surface area (Å²) in [4.78, 5) is 27.2. The van der Waals surface area contributed by atoms with Crippen molar-refractivity contribution < 1.29 is 0 Å². The molecule has 1 N–H and O–H groups in total. The van der Waals surface area contributed by atoms with Gasteiger partial charge in [0.05, 0.1) is 17.6 Å². The number of likely N-dealkylation sites (N-methyl/N-ethyl adjacent to an activating group) is 1. The SMILES string of the molecule is C#Cc1c(C)c(=O)n(Cc2ccnn2C)c2nc(Nc3ccc(N4CCN(C)CC4)cc3)ncc12. The molecule has 9 nitrogen and oxygen atoms in total. The highest BCUT2D eigenvalue weighted by molar-refractivity contribution is 5.84. The van der Waals surface area contributed by atoms with E-state index >= 15 is 0 Å². The van der Waals surface area contributed by atoms with Crippen molar-refractivity contribution in [1.82, 2.24) is 29.2 Å². The molecule has 178 valence electrons. The molecule has 1 aliphatic heterocycles. The van der Waals surface area contributed by atoms with E-state index in [9.17, 15) is 4.79 Å². The molecule has 4 aromatic rings. The molecule has 35 heavy (non-hydrogen) atoms. The largest absolute Gasteiger partial charge is 0.369 e. The molecule has 1 aliphatic rings. The number of nitrogens with one attached hydrogen (secondary N) is 1. The molecule has 0 radical (unpaired) electrons. The number of piperazine rings is 1. The minimum absolute atomic E-state index is 0.173. The Kier molecular flexibility index (Phi) is 5.97. The standard InChI is InChI=1S/C26H28N8O/c1-5-22-18(2)25(35)34(17-21-10-11-28-32(21)4)24-23(22)16-27-26(30-24)29-19-6-8-20(9-7-19)33-14-12-31(3)13-15-33/h1,6-11,16H,12-15,17H2,2-4H3,(H,27,29,30). The summed E-state index contributed by atoms with van der Waals surface area (Å²) in [7, 11) is 4.00. The maximum atomic E-state index is 13.2. The van der Waals surface area contributed by atoms with Gasteiger partial charge in [-0.1, -0.05) is 5.92 Å². The molecule has 1 aromatic carbocycles.